The Morgan fingerprint density at radius 2 is 1.88 bits per heavy atom. The Kier molecular flexibility index (Phi) is 7.32. The summed E-state index contributed by atoms with van der Waals surface area (Å²) in [5.41, 5.74) is 3.38. The number of carbonyl (C=O) groups is 1. The monoisotopic (exact) mass is 476 g/mol. The van der Waals surface area contributed by atoms with Crippen molar-refractivity contribution in [3.63, 3.8) is 0 Å². The molecule has 2 N–H and O–H groups in total. The van der Waals surface area contributed by atoms with Crippen molar-refractivity contribution in [3.05, 3.63) is 71.3 Å². The topological polar surface area (TPSA) is 99.9 Å². The van der Waals surface area contributed by atoms with E-state index in [-0.39, 0.29) is 17.1 Å². The van der Waals surface area contributed by atoms with Crippen LogP contribution < -0.4 is 10.2 Å². The zero-order valence-corrected chi connectivity index (χ0v) is 20.4. The summed E-state index contributed by atoms with van der Waals surface area (Å²) in [6.07, 6.45) is 0. The molecule has 0 bridgehead atoms. The van der Waals surface area contributed by atoms with Gasteiger partial charge in [-0.3, -0.25) is 19.9 Å². The van der Waals surface area contributed by atoms with Crippen LogP contribution in [0.5, 0.6) is 5.75 Å². The molecule has 0 atom stereocenters. The molecule has 9 heteroatoms. The highest BCUT2D eigenvalue weighted by Crippen LogP contribution is 2.23. The van der Waals surface area contributed by atoms with Crippen molar-refractivity contribution in [2.75, 3.05) is 18.9 Å². The molecule has 176 valence electrons. The van der Waals surface area contributed by atoms with Gasteiger partial charge in [-0.15, -0.1) is 0 Å². The van der Waals surface area contributed by atoms with Crippen LogP contribution in [0.1, 0.15) is 25.1 Å². The normalized spacial score (nSPS) is 11.0. The molecule has 2 aromatic heterocycles. The smallest absolute Gasteiger partial charge is 0.233 e. The van der Waals surface area contributed by atoms with Crippen LogP contribution in [0.2, 0.25) is 0 Å². The number of H-pyrrole nitrogens is 1. The lowest BCUT2D eigenvalue weighted by Gasteiger charge is -2.21. The summed E-state index contributed by atoms with van der Waals surface area (Å²) in [4.78, 5) is 19.6. The largest absolute Gasteiger partial charge is 0.494 e. The van der Waals surface area contributed by atoms with E-state index in [0.717, 1.165) is 22.7 Å². The van der Waals surface area contributed by atoms with Gasteiger partial charge in [-0.05, 0) is 50.6 Å². The van der Waals surface area contributed by atoms with E-state index in [1.54, 1.807) is 4.57 Å². The maximum Gasteiger partial charge on any atom is 0.233 e. The summed E-state index contributed by atoms with van der Waals surface area (Å²) >= 11 is 1.31. The van der Waals surface area contributed by atoms with E-state index in [1.165, 1.54) is 11.8 Å². The standard InChI is InChI=1S/C25H28N6O2S/c1-4-30(15-18-9-7-6-8-10-18)21(32)16-34-25-27-24-22(17(3)28-29-24)23(26)31(25)19-11-13-20(14-12-19)33-5-2/h6-14,26H,4-5,15-16H2,1-3H3,(H,28,29). The third kappa shape index (κ3) is 4.99. The van der Waals surface area contributed by atoms with Crippen LogP contribution >= 0.6 is 11.8 Å². The number of nitrogens with zero attached hydrogens (tertiary/aromatic N) is 4. The molecule has 2 aromatic carbocycles. The Morgan fingerprint density at radius 1 is 1.15 bits per heavy atom. The minimum atomic E-state index is 0.0150. The summed E-state index contributed by atoms with van der Waals surface area (Å²) < 4.78 is 7.31. The van der Waals surface area contributed by atoms with Gasteiger partial charge in [-0.25, -0.2) is 4.98 Å². The molecular formula is C25H28N6O2S. The number of thioether (sulfide) groups is 1. The lowest BCUT2D eigenvalue weighted by Crippen LogP contribution is -2.32. The van der Waals surface area contributed by atoms with Crippen molar-refractivity contribution >= 4 is 28.7 Å². The number of nitrogens with one attached hydrogen (secondary N) is 2. The van der Waals surface area contributed by atoms with Crippen molar-refractivity contribution in [3.8, 4) is 11.4 Å². The number of ether oxygens (including phenoxy) is 1. The maximum absolute atomic E-state index is 13.1. The molecule has 34 heavy (non-hydrogen) atoms. The van der Waals surface area contributed by atoms with E-state index in [1.807, 2.05) is 80.3 Å². The minimum absolute atomic E-state index is 0.0150. The molecule has 2 heterocycles. The molecule has 0 aliphatic carbocycles. The van der Waals surface area contributed by atoms with E-state index in [2.05, 4.69) is 10.2 Å². The van der Waals surface area contributed by atoms with Crippen molar-refractivity contribution in [1.29, 1.82) is 5.41 Å². The highest BCUT2D eigenvalue weighted by Gasteiger charge is 2.18. The Morgan fingerprint density at radius 3 is 2.56 bits per heavy atom. The Labute approximate surface area is 202 Å². The maximum atomic E-state index is 13.1. The number of hydrogen-bond acceptors (Lipinski definition) is 6. The SMILES string of the molecule is CCOc1ccc(-n2c(SCC(=O)N(CC)Cc3ccccc3)nc3n[nH]c(C)c3c2=N)cc1. The number of carbonyl (C=O) groups excluding carboxylic acids is 1. The van der Waals surface area contributed by atoms with Crippen LogP contribution in [-0.4, -0.2) is 49.5 Å². The van der Waals surface area contributed by atoms with Gasteiger partial charge in [0.2, 0.25) is 5.91 Å². The highest BCUT2D eigenvalue weighted by atomic mass is 32.2. The molecule has 0 saturated carbocycles. The average Bonchev–Trinajstić information content (AvgIpc) is 3.23. The number of rotatable bonds is 9. The van der Waals surface area contributed by atoms with Crippen molar-refractivity contribution in [2.45, 2.75) is 32.5 Å². The van der Waals surface area contributed by atoms with E-state index in [9.17, 15) is 4.79 Å². The lowest BCUT2D eigenvalue weighted by atomic mass is 10.2. The van der Waals surface area contributed by atoms with Gasteiger partial charge in [0.1, 0.15) is 11.2 Å². The molecule has 0 saturated heterocycles. The second kappa shape index (κ2) is 10.6. The second-order valence-corrected chi connectivity index (χ2v) is 8.68. The van der Waals surface area contributed by atoms with Crippen LogP contribution in [0.4, 0.5) is 0 Å². The fraction of sp³-hybridized carbons (Fsp3) is 0.280. The zero-order chi connectivity index (χ0) is 24.1. The molecule has 1 amide bonds. The molecule has 0 fully saturated rings. The van der Waals surface area contributed by atoms with Gasteiger partial charge < -0.3 is 9.64 Å². The molecule has 0 aliphatic heterocycles. The summed E-state index contributed by atoms with van der Waals surface area (Å²) in [5, 5.41) is 17.3. The number of fused-ring (bicyclic) bond motifs is 1. The summed E-state index contributed by atoms with van der Waals surface area (Å²) in [7, 11) is 0. The van der Waals surface area contributed by atoms with Crippen molar-refractivity contribution < 1.29 is 9.53 Å². The number of aromatic amines is 1. The van der Waals surface area contributed by atoms with Gasteiger partial charge >= 0.3 is 0 Å². The van der Waals surface area contributed by atoms with E-state index in [0.29, 0.717) is 35.9 Å². The van der Waals surface area contributed by atoms with Crippen LogP contribution in [-0.2, 0) is 11.3 Å². The summed E-state index contributed by atoms with van der Waals surface area (Å²) in [6, 6.07) is 17.5. The van der Waals surface area contributed by atoms with Crippen LogP contribution in [0, 0.1) is 12.3 Å². The molecule has 0 radical (unpaired) electrons. The predicted octanol–water partition coefficient (Wildman–Crippen LogP) is 4.08. The third-order valence-corrected chi connectivity index (χ3v) is 6.39. The number of hydrogen-bond donors (Lipinski definition) is 2. The minimum Gasteiger partial charge on any atom is -0.494 e. The molecular weight excluding hydrogens is 448 g/mol. The first-order valence-corrected chi connectivity index (χ1v) is 12.2. The number of amides is 1. The van der Waals surface area contributed by atoms with E-state index >= 15 is 0 Å². The molecule has 4 rings (SSSR count). The first-order chi connectivity index (χ1) is 16.5. The highest BCUT2D eigenvalue weighted by molar-refractivity contribution is 7.99. The third-order valence-electron chi connectivity index (χ3n) is 5.46. The first kappa shape index (κ1) is 23.6. The van der Waals surface area contributed by atoms with E-state index < -0.39 is 0 Å². The van der Waals surface area contributed by atoms with Crippen molar-refractivity contribution in [2.24, 2.45) is 0 Å². The fourth-order valence-corrected chi connectivity index (χ4v) is 4.63. The second-order valence-electron chi connectivity index (χ2n) is 7.73. The molecule has 8 nitrogen and oxygen atoms in total. The van der Waals surface area contributed by atoms with Crippen LogP contribution in [0.25, 0.3) is 16.7 Å². The van der Waals surface area contributed by atoms with Gasteiger partial charge in [0, 0.05) is 24.5 Å². The van der Waals surface area contributed by atoms with Gasteiger partial charge in [0.25, 0.3) is 0 Å². The average molecular weight is 477 g/mol. The fourth-order valence-electron chi connectivity index (χ4n) is 3.72. The van der Waals surface area contributed by atoms with E-state index in [4.69, 9.17) is 15.1 Å². The van der Waals surface area contributed by atoms with Crippen LogP contribution in [0.15, 0.2) is 59.8 Å². The summed E-state index contributed by atoms with van der Waals surface area (Å²) in [5.74, 6) is 0.982. The summed E-state index contributed by atoms with van der Waals surface area (Å²) in [6.45, 7) is 7.54. The first-order valence-electron chi connectivity index (χ1n) is 11.2. The molecule has 0 aliphatic rings. The van der Waals surface area contributed by atoms with Crippen molar-refractivity contribution in [1.82, 2.24) is 24.6 Å². The van der Waals surface area contributed by atoms with Gasteiger partial charge in [-0.2, -0.15) is 5.10 Å². The number of aryl methyl sites for hydroxylation is 1. The molecule has 0 unspecified atom stereocenters. The predicted molar refractivity (Wildman–Crippen MR) is 133 cm³/mol. The van der Waals surface area contributed by atoms with Gasteiger partial charge in [-0.1, -0.05) is 42.1 Å². The quantitative estimate of drug-likeness (QED) is 0.280. The molecule has 4 aromatic rings. The molecule has 0 spiro atoms. The Balaban J connectivity index is 1.64. The number of aromatic nitrogens is 4. The zero-order valence-electron chi connectivity index (χ0n) is 19.5. The Bertz CT molecular complexity index is 1330. The van der Waals surface area contributed by atoms with Crippen LogP contribution in [0.3, 0.4) is 0 Å². The van der Waals surface area contributed by atoms with Gasteiger partial charge in [0.15, 0.2) is 10.8 Å². The Hall–Kier alpha value is -3.59. The number of benzene rings is 2. The van der Waals surface area contributed by atoms with Gasteiger partial charge in [0.05, 0.1) is 17.7 Å². The lowest BCUT2D eigenvalue weighted by molar-refractivity contribution is -0.128.